The molecular formula is C8H18GeI2. The molecule has 0 saturated carbocycles. The Hall–Kier alpha value is 2.00. The molecule has 0 saturated heterocycles. The topological polar surface area (TPSA) is 0 Å². The predicted octanol–water partition coefficient (Wildman–Crippen LogP) is 4.90. The molecule has 0 bridgehead atoms. The third kappa shape index (κ3) is 8.34. The minimum absolute atomic E-state index is 1.28. The van der Waals surface area contributed by atoms with Crippen molar-refractivity contribution in [2.75, 3.05) is 0 Å². The van der Waals surface area contributed by atoms with Gasteiger partial charge in [-0.3, -0.25) is 0 Å². The summed E-state index contributed by atoms with van der Waals surface area (Å²) < 4.78 is 0. The van der Waals surface area contributed by atoms with Gasteiger partial charge in [-0.25, -0.2) is 0 Å². The van der Waals surface area contributed by atoms with Gasteiger partial charge in [0.25, 0.3) is 0 Å². The van der Waals surface area contributed by atoms with E-state index < -0.39 is 6.65 Å². The Labute approximate surface area is 95.9 Å². The molecule has 0 heterocycles. The monoisotopic (exact) mass is 442 g/mol. The zero-order chi connectivity index (χ0) is 8.74. The quantitative estimate of drug-likeness (QED) is 0.407. The molecule has 68 valence electrons. The Bertz CT molecular complexity index is 84.1. The summed E-state index contributed by atoms with van der Waals surface area (Å²) in [5, 5.41) is 3.13. The molecule has 0 amide bonds. The molecule has 0 atom stereocenters. The van der Waals surface area contributed by atoms with E-state index in [1.807, 2.05) is 0 Å². The standard InChI is InChI=1S/C8H18GeI2/c1-3-5-7-9(10,11)8-6-4-2/h3-8H2,1-2H3. The third-order valence-electron chi connectivity index (χ3n) is 1.79. The molecule has 0 spiro atoms. The van der Waals surface area contributed by atoms with Gasteiger partial charge in [-0.1, -0.05) is 0 Å². The molecule has 0 fully saturated rings. The summed E-state index contributed by atoms with van der Waals surface area (Å²) in [4.78, 5) is 0. The van der Waals surface area contributed by atoms with Crippen LogP contribution in [0.1, 0.15) is 39.5 Å². The molecule has 0 aromatic heterocycles. The van der Waals surface area contributed by atoms with E-state index in [0.717, 1.165) is 0 Å². The van der Waals surface area contributed by atoms with Crippen molar-refractivity contribution in [1.29, 1.82) is 0 Å². The van der Waals surface area contributed by atoms with Crippen LogP contribution in [0.3, 0.4) is 0 Å². The van der Waals surface area contributed by atoms with Gasteiger partial charge in [-0.05, 0) is 0 Å². The maximum absolute atomic E-state index is 2.80. The maximum atomic E-state index is 2.80. The van der Waals surface area contributed by atoms with Gasteiger partial charge in [-0.2, -0.15) is 0 Å². The number of rotatable bonds is 6. The fraction of sp³-hybridized carbons (Fsp3) is 1.00. The second-order valence-electron chi connectivity index (χ2n) is 3.06. The van der Waals surface area contributed by atoms with Gasteiger partial charge >= 0.3 is 97.1 Å². The molecule has 0 rings (SSSR count). The van der Waals surface area contributed by atoms with Crippen molar-refractivity contribution in [3.05, 3.63) is 0 Å². The van der Waals surface area contributed by atoms with Gasteiger partial charge in [0.1, 0.15) is 0 Å². The minimum atomic E-state index is -1.28. The van der Waals surface area contributed by atoms with E-state index in [2.05, 4.69) is 54.3 Å². The van der Waals surface area contributed by atoms with Crippen molar-refractivity contribution in [2.45, 2.75) is 50.0 Å². The first-order valence-corrected chi connectivity index (χ1v) is 20.3. The molecule has 0 aromatic carbocycles. The van der Waals surface area contributed by atoms with E-state index in [-0.39, 0.29) is 0 Å². The molecule has 0 aromatic rings. The van der Waals surface area contributed by atoms with Crippen LogP contribution in [0.4, 0.5) is 0 Å². The summed E-state index contributed by atoms with van der Waals surface area (Å²) in [6, 6.07) is 0. The molecule has 0 N–H and O–H groups in total. The van der Waals surface area contributed by atoms with Gasteiger partial charge in [0.05, 0.1) is 0 Å². The van der Waals surface area contributed by atoms with E-state index in [4.69, 9.17) is 0 Å². The first-order valence-electron chi connectivity index (χ1n) is 4.50. The SMILES string of the molecule is CCC[CH2][Ge]([I])([I])[CH2]CCC. The van der Waals surface area contributed by atoms with Crippen LogP contribution in [0, 0.1) is 0 Å². The van der Waals surface area contributed by atoms with Crippen LogP contribution < -0.4 is 0 Å². The summed E-state index contributed by atoms with van der Waals surface area (Å²) in [5.74, 6) is 0. The van der Waals surface area contributed by atoms with Crippen LogP contribution in [0.25, 0.3) is 0 Å². The molecule has 3 heteroatoms. The normalized spacial score (nSPS) is 12.0. The molecule has 0 radical (unpaired) electrons. The molecule has 0 aliphatic heterocycles. The van der Waals surface area contributed by atoms with Crippen molar-refractivity contribution >= 4 is 47.1 Å². The van der Waals surface area contributed by atoms with Crippen molar-refractivity contribution in [3.8, 4) is 0 Å². The number of hydrogen-bond acceptors (Lipinski definition) is 0. The Morgan fingerprint density at radius 2 is 1.27 bits per heavy atom. The third-order valence-corrected chi connectivity index (χ3v) is 17.6. The fourth-order valence-corrected chi connectivity index (χ4v) is 13.1. The van der Waals surface area contributed by atoms with Crippen LogP contribution in [-0.4, -0.2) is 6.65 Å². The fourth-order valence-electron chi connectivity index (χ4n) is 0.996. The summed E-state index contributed by atoms with van der Waals surface area (Å²) in [6.45, 7) is 3.32. The Kier molecular flexibility index (Phi) is 8.76. The first kappa shape index (κ1) is 13.0. The Morgan fingerprint density at radius 3 is 1.55 bits per heavy atom. The molecule has 0 nitrogen and oxygen atoms in total. The van der Waals surface area contributed by atoms with Crippen molar-refractivity contribution in [1.82, 2.24) is 0 Å². The van der Waals surface area contributed by atoms with E-state index in [9.17, 15) is 0 Å². The average molecular weight is 441 g/mol. The zero-order valence-corrected chi connectivity index (χ0v) is 13.9. The van der Waals surface area contributed by atoms with Crippen molar-refractivity contribution < 1.29 is 0 Å². The molecular weight excluding hydrogens is 423 g/mol. The van der Waals surface area contributed by atoms with Gasteiger partial charge in [0.15, 0.2) is 0 Å². The van der Waals surface area contributed by atoms with Gasteiger partial charge in [-0.15, -0.1) is 0 Å². The summed E-state index contributed by atoms with van der Waals surface area (Å²) in [7, 11) is 0. The van der Waals surface area contributed by atoms with E-state index in [1.54, 1.807) is 10.5 Å². The number of unbranched alkanes of at least 4 members (excludes halogenated alkanes) is 2. The van der Waals surface area contributed by atoms with Crippen LogP contribution in [-0.2, 0) is 0 Å². The first-order chi connectivity index (χ1) is 5.12. The van der Waals surface area contributed by atoms with Crippen molar-refractivity contribution in [3.63, 3.8) is 0 Å². The summed E-state index contributed by atoms with van der Waals surface area (Å²) >= 11 is 5.59. The second kappa shape index (κ2) is 7.41. The Morgan fingerprint density at radius 1 is 0.909 bits per heavy atom. The second-order valence-corrected chi connectivity index (χ2v) is 40.9. The van der Waals surface area contributed by atoms with Crippen LogP contribution in [0.2, 0.25) is 10.5 Å². The predicted molar refractivity (Wildman–Crippen MR) is 73.2 cm³/mol. The molecule has 0 aliphatic rings. The molecule has 0 aliphatic carbocycles. The Balaban J connectivity index is 3.43. The molecule has 11 heavy (non-hydrogen) atoms. The van der Waals surface area contributed by atoms with E-state index in [1.165, 1.54) is 25.7 Å². The number of halogens is 2. The van der Waals surface area contributed by atoms with E-state index in [0.29, 0.717) is 0 Å². The van der Waals surface area contributed by atoms with Crippen LogP contribution >= 0.6 is 40.4 Å². The zero-order valence-electron chi connectivity index (χ0n) is 7.50. The van der Waals surface area contributed by atoms with Crippen LogP contribution in [0.15, 0.2) is 0 Å². The number of hydrogen-bond donors (Lipinski definition) is 0. The van der Waals surface area contributed by atoms with E-state index >= 15 is 0 Å². The van der Waals surface area contributed by atoms with Crippen LogP contribution in [0.5, 0.6) is 0 Å². The van der Waals surface area contributed by atoms with Crippen molar-refractivity contribution in [2.24, 2.45) is 0 Å². The van der Waals surface area contributed by atoms with Gasteiger partial charge in [0, 0.05) is 0 Å². The summed E-state index contributed by atoms with van der Waals surface area (Å²) in [5.41, 5.74) is 0. The van der Waals surface area contributed by atoms with Gasteiger partial charge < -0.3 is 0 Å². The average Bonchev–Trinajstić information content (AvgIpc) is 1.97. The van der Waals surface area contributed by atoms with Gasteiger partial charge in [0.2, 0.25) is 0 Å². The summed E-state index contributed by atoms with van der Waals surface area (Å²) in [6.07, 6.45) is 5.70. The molecule has 0 unspecified atom stereocenters.